The molecule has 100 valence electrons. The van der Waals surface area contributed by atoms with E-state index in [4.69, 9.17) is 0 Å². The number of piperidine rings is 1. The first-order valence-electron chi connectivity index (χ1n) is 7.23. The summed E-state index contributed by atoms with van der Waals surface area (Å²) in [7, 11) is 0. The maximum absolute atomic E-state index is 4.45. The van der Waals surface area contributed by atoms with Crippen molar-refractivity contribution in [2.75, 3.05) is 19.6 Å². The zero-order valence-corrected chi connectivity index (χ0v) is 12.0. The monoisotopic (exact) mass is 265 g/mol. The standard InChI is InChI=1S/C14H23N3S/c1-2-12-9-16-7-4-3-5-13(16)10-17(12)11-14-15-6-8-18-14/h6,8,12-13H,2-5,7,9-11H2,1H3. The zero-order chi connectivity index (χ0) is 12.4. The molecule has 0 N–H and O–H groups in total. The summed E-state index contributed by atoms with van der Waals surface area (Å²) in [5, 5.41) is 3.37. The van der Waals surface area contributed by atoms with Gasteiger partial charge >= 0.3 is 0 Å². The minimum atomic E-state index is 0.725. The highest BCUT2D eigenvalue weighted by atomic mass is 32.1. The molecule has 2 aliphatic rings. The second-order valence-corrected chi connectivity index (χ2v) is 6.54. The largest absolute Gasteiger partial charge is 0.298 e. The van der Waals surface area contributed by atoms with Gasteiger partial charge in [0.15, 0.2) is 0 Å². The van der Waals surface area contributed by atoms with E-state index < -0.39 is 0 Å². The van der Waals surface area contributed by atoms with Gasteiger partial charge < -0.3 is 0 Å². The van der Waals surface area contributed by atoms with Gasteiger partial charge in [0.1, 0.15) is 5.01 Å². The summed E-state index contributed by atoms with van der Waals surface area (Å²) in [5.41, 5.74) is 0. The Morgan fingerprint density at radius 1 is 1.39 bits per heavy atom. The van der Waals surface area contributed by atoms with Crippen molar-refractivity contribution in [3.63, 3.8) is 0 Å². The second kappa shape index (κ2) is 5.68. The van der Waals surface area contributed by atoms with Gasteiger partial charge in [-0.05, 0) is 25.8 Å². The van der Waals surface area contributed by atoms with Gasteiger partial charge in [-0.25, -0.2) is 4.98 Å². The fourth-order valence-electron chi connectivity index (χ4n) is 3.40. The number of piperazine rings is 1. The molecule has 0 amide bonds. The second-order valence-electron chi connectivity index (χ2n) is 5.56. The van der Waals surface area contributed by atoms with Crippen LogP contribution in [0.15, 0.2) is 11.6 Å². The van der Waals surface area contributed by atoms with Crippen LogP contribution in [0.1, 0.15) is 37.6 Å². The average Bonchev–Trinajstić information content (AvgIpc) is 2.91. The molecule has 0 bridgehead atoms. The van der Waals surface area contributed by atoms with Crippen LogP contribution in [0.25, 0.3) is 0 Å². The molecule has 1 aromatic rings. The van der Waals surface area contributed by atoms with E-state index in [2.05, 4.69) is 27.1 Å². The molecule has 0 spiro atoms. The third-order valence-corrected chi connectivity index (χ3v) is 5.21. The van der Waals surface area contributed by atoms with E-state index in [9.17, 15) is 0 Å². The lowest BCUT2D eigenvalue weighted by atomic mass is 9.96. The lowest BCUT2D eigenvalue weighted by Crippen LogP contribution is -2.58. The van der Waals surface area contributed by atoms with Crippen molar-refractivity contribution in [2.45, 2.75) is 51.2 Å². The Hall–Kier alpha value is -0.450. The summed E-state index contributed by atoms with van der Waals surface area (Å²) < 4.78 is 0. The number of aromatic nitrogens is 1. The number of hydrogen-bond acceptors (Lipinski definition) is 4. The predicted octanol–water partition coefficient (Wildman–Crippen LogP) is 2.59. The topological polar surface area (TPSA) is 19.4 Å². The summed E-state index contributed by atoms with van der Waals surface area (Å²) in [4.78, 5) is 9.85. The Kier molecular flexibility index (Phi) is 3.97. The van der Waals surface area contributed by atoms with Crippen molar-refractivity contribution in [1.29, 1.82) is 0 Å². The lowest BCUT2D eigenvalue weighted by molar-refractivity contribution is 0.00325. The molecular formula is C14H23N3S. The minimum Gasteiger partial charge on any atom is -0.298 e. The van der Waals surface area contributed by atoms with E-state index in [-0.39, 0.29) is 0 Å². The van der Waals surface area contributed by atoms with E-state index in [1.165, 1.54) is 50.3 Å². The van der Waals surface area contributed by atoms with Crippen molar-refractivity contribution in [3.8, 4) is 0 Å². The maximum Gasteiger partial charge on any atom is 0.107 e. The summed E-state index contributed by atoms with van der Waals surface area (Å²) in [6.45, 7) is 7.22. The first kappa shape index (κ1) is 12.6. The molecule has 3 rings (SSSR count). The molecule has 0 radical (unpaired) electrons. The Labute approximate surface area is 114 Å². The van der Waals surface area contributed by atoms with E-state index >= 15 is 0 Å². The Bertz CT molecular complexity index is 365. The highest BCUT2D eigenvalue weighted by molar-refractivity contribution is 7.09. The number of thiazole rings is 1. The van der Waals surface area contributed by atoms with Gasteiger partial charge in [-0.2, -0.15) is 0 Å². The number of nitrogens with zero attached hydrogens (tertiary/aromatic N) is 3. The van der Waals surface area contributed by atoms with Crippen LogP contribution in [0.3, 0.4) is 0 Å². The summed E-state index contributed by atoms with van der Waals surface area (Å²) in [5.74, 6) is 0. The SMILES string of the molecule is CCC1CN2CCCCC2CN1Cc1nccs1. The van der Waals surface area contributed by atoms with Crippen LogP contribution < -0.4 is 0 Å². The van der Waals surface area contributed by atoms with Gasteiger partial charge in [0.2, 0.25) is 0 Å². The van der Waals surface area contributed by atoms with Crippen LogP contribution in [-0.2, 0) is 6.54 Å². The molecule has 1 aromatic heterocycles. The van der Waals surface area contributed by atoms with Crippen molar-refractivity contribution in [1.82, 2.24) is 14.8 Å². The fraction of sp³-hybridized carbons (Fsp3) is 0.786. The summed E-state index contributed by atoms with van der Waals surface area (Å²) in [6.07, 6.45) is 7.40. The Morgan fingerprint density at radius 3 is 3.11 bits per heavy atom. The highest BCUT2D eigenvalue weighted by Gasteiger charge is 2.34. The van der Waals surface area contributed by atoms with Crippen LogP contribution in [0.5, 0.6) is 0 Å². The minimum absolute atomic E-state index is 0.725. The van der Waals surface area contributed by atoms with Gasteiger partial charge in [0, 0.05) is 36.8 Å². The van der Waals surface area contributed by atoms with Crippen LogP contribution >= 0.6 is 11.3 Å². The summed E-state index contributed by atoms with van der Waals surface area (Å²) >= 11 is 1.79. The molecule has 3 heterocycles. The molecule has 2 atom stereocenters. The van der Waals surface area contributed by atoms with Gasteiger partial charge in [0.25, 0.3) is 0 Å². The lowest BCUT2D eigenvalue weighted by Gasteiger charge is -2.48. The molecule has 4 heteroatoms. The van der Waals surface area contributed by atoms with Crippen LogP contribution in [-0.4, -0.2) is 46.5 Å². The molecule has 0 aromatic carbocycles. The summed E-state index contributed by atoms with van der Waals surface area (Å²) in [6, 6.07) is 1.53. The van der Waals surface area contributed by atoms with Gasteiger partial charge in [-0.15, -0.1) is 11.3 Å². The third-order valence-electron chi connectivity index (χ3n) is 4.45. The smallest absolute Gasteiger partial charge is 0.107 e. The Morgan fingerprint density at radius 2 is 2.33 bits per heavy atom. The van der Waals surface area contributed by atoms with E-state index in [0.29, 0.717) is 0 Å². The molecule has 3 nitrogen and oxygen atoms in total. The molecule has 0 aliphatic carbocycles. The van der Waals surface area contributed by atoms with Crippen LogP contribution in [0.4, 0.5) is 0 Å². The van der Waals surface area contributed by atoms with Crippen molar-refractivity contribution >= 4 is 11.3 Å². The molecular weight excluding hydrogens is 242 g/mol. The zero-order valence-electron chi connectivity index (χ0n) is 11.2. The Balaban J connectivity index is 1.68. The van der Waals surface area contributed by atoms with E-state index in [0.717, 1.165) is 18.6 Å². The highest BCUT2D eigenvalue weighted by Crippen LogP contribution is 2.26. The quantitative estimate of drug-likeness (QED) is 0.837. The average molecular weight is 265 g/mol. The number of hydrogen-bond donors (Lipinski definition) is 0. The predicted molar refractivity (Wildman–Crippen MR) is 75.8 cm³/mol. The van der Waals surface area contributed by atoms with Crippen molar-refractivity contribution in [3.05, 3.63) is 16.6 Å². The number of fused-ring (bicyclic) bond motifs is 1. The van der Waals surface area contributed by atoms with Gasteiger partial charge in [0.05, 0.1) is 6.54 Å². The first-order chi connectivity index (χ1) is 8.86. The first-order valence-corrected chi connectivity index (χ1v) is 8.11. The molecule has 18 heavy (non-hydrogen) atoms. The van der Waals surface area contributed by atoms with Crippen molar-refractivity contribution < 1.29 is 0 Å². The molecule has 2 fully saturated rings. The molecule has 0 saturated carbocycles. The number of rotatable bonds is 3. The van der Waals surface area contributed by atoms with Crippen LogP contribution in [0, 0.1) is 0 Å². The fourth-order valence-corrected chi connectivity index (χ4v) is 4.04. The maximum atomic E-state index is 4.45. The molecule has 2 unspecified atom stereocenters. The normalized spacial score (nSPS) is 30.3. The van der Waals surface area contributed by atoms with Gasteiger partial charge in [-0.3, -0.25) is 9.80 Å². The van der Waals surface area contributed by atoms with E-state index in [1.807, 2.05) is 6.20 Å². The van der Waals surface area contributed by atoms with E-state index in [1.54, 1.807) is 11.3 Å². The third kappa shape index (κ3) is 2.60. The van der Waals surface area contributed by atoms with Gasteiger partial charge in [-0.1, -0.05) is 13.3 Å². The van der Waals surface area contributed by atoms with Crippen LogP contribution in [0.2, 0.25) is 0 Å². The molecule has 2 aliphatic heterocycles. The molecule has 2 saturated heterocycles. The van der Waals surface area contributed by atoms with Crippen molar-refractivity contribution in [2.24, 2.45) is 0 Å².